The topological polar surface area (TPSA) is 53.4 Å². The molecule has 1 amide bonds. The van der Waals surface area contributed by atoms with E-state index < -0.39 is 0 Å². The van der Waals surface area contributed by atoms with Gasteiger partial charge in [0.15, 0.2) is 0 Å². The largest absolute Gasteiger partial charge is 0.362 e. The summed E-state index contributed by atoms with van der Waals surface area (Å²) in [6, 6.07) is 6.44. The lowest BCUT2D eigenvalue weighted by atomic mass is 9.84. The van der Waals surface area contributed by atoms with Crippen molar-refractivity contribution in [2.45, 2.75) is 51.5 Å². The minimum absolute atomic E-state index is 0.218. The summed E-state index contributed by atoms with van der Waals surface area (Å²) in [6.07, 6.45) is 13.1. The van der Waals surface area contributed by atoms with Crippen LogP contribution in [-0.4, -0.2) is 39.2 Å². The van der Waals surface area contributed by atoms with Gasteiger partial charge >= 0.3 is 0 Å². The minimum Gasteiger partial charge on any atom is -0.362 e. The molecule has 1 N–H and O–H groups in total. The van der Waals surface area contributed by atoms with Gasteiger partial charge in [0.1, 0.15) is 5.54 Å². The van der Waals surface area contributed by atoms with Crippen molar-refractivity contribution in [2.24, 2.45) is 4.99 Å². The van der Waals surface area contributed by atoms with E-state index in [9.17, 15) is 4.79 Å². The third-order valence-electron chi connectivity index (χ3n) is 6.59. The molecule has 0 saturated carbocycles. The van der Waals surface area contributed by atoms with Crippen molar-refractivity contribution in [1.82, 2.24) is 14.5 Å². The Kier molecular flexibility index (Phi) is 4.34. The number of aliphatic imine (C=N–C) groups is 1. The average Bonchev–Trinajstić information content (AvgIpc) is 3.21. The van der Waals surface area contributed by atoms with Crippen LogP contribution in [0.25, 0.3) is 5.70 Å². The van der Waals surface area contributed by atoms with Crippen LogP contribution in [0.15, 0.2) is 47.6 Å². The van der Waals surface area contributed by atoms with Gasteiger partial charge in [0.05, 0.1) is 17.8 Å². The molecule has 2 aromatic heterocycles. The summed E-state index contributed by atoms with van der Waals surface area (Å²) in [4.78, 5) is 23.5. The Hall–Kier alpha value is -2.82. The fourth-order valence-corrected chi connectivity index (χ4v) is 5.03. The number of hydrogen-bond donors (Lipinski definition) is 1. The molecule has 1 saturated heterocycles. The van der Waals surface area contributed by atoms with Crippen molar-refractivity contribution < 1.29 is 4.79 Å². The van der Waals surface area contributed by atoms with Crippen LogP contribution >= 0.6 is 0 Å². The number of likely N-dealkylation sites (tertiary alicyclic amines) is 1. The van der Waals surface area contributed by atoms with Gasteiger partial charge in [0, 0.05) is 36.4 Å². The monoisotopic (exact) mass is 388 g/mol. The lowest BCUT2D eigenvalue weighted by molar-refractivity contribution is -0.132. The predicted molar refractivity (Wildman–Crippen MR) is 116 cm³/mol. The number of aromatic amines is 1. The van der Waals surface area contributed by atoms with Crippen LogP contribution in [0.2, 0.25) is 0 Å². The lowest BCUT2D eigenvalue weighted by Crippen LogP contribution is -2.45. The molecule has 5 heteroatoms. The predicted octanol–water partition coefficient (Wildman–Crippen LogP) is 4.14. The number of aromatic nitrogens is 2. The number of piperidine rings is 1. The maximum atomic E-state index is 12.9. The summed E-state index contributed by atoms with van der Waals surface area (Å²) < 4.78 is 2.34. The third kappa shape index (κ3) is 3.18. The molecule has 29 heavy (non-hydrogen) atoms. The molecule has 5 nitrogen and oxygen atoms in total. The van der Waals surface area contributed by atoms with Crippen molar-refractivity contribution in [1.29, 1.82) is 0 Å². The molecule has 0 atom stereocenters. The van der Waals surface area contributed by atoms with Crippen molar-refractivity contribution in [2.75, 3.05) is 13.1 Å². The van der Waals surface area contributed by atoms with Crippen LogP contribution in [0.4, 0.5) is 0 Å². The minimum atomic E-state index is -0.240. The van der Waals surface area contributed by atoms with Crippen LogP contribution in [0.5, 0.6) is 0 Å². The molecule has 1 spiro atoms. The highest BCUT2D eigenvalue weighted by atomic mass is 16.2. The number of H-pyrrole nitrogens is 1. The number of carbonyl (C=O) groups is 1. The third-order valence-corrected chi connectivity index (χ3v) is 6.59. The van der Waals surface area contributed by atoms with E-state index in [1.807, 2.05) is 18.7 Å². The van der Waals surface area contributed by atoms with E-state index in [1.54, 1.807) is 0 Å². The molecule has 0 radical (unpaired) electrons. The molecule has 0 aromatic carbocycles. The van der Waals surface area contributed by atoms with Crippen molar-refractivity contribution in [3.8, 4) is 0 Å². The Labute approximate surface area is 171 Å². The Morgan fingerprint density at radius 3 is 2.86 bits per heavy atom. The Bertz CT molecular complexity index is 1040. The number of aryl methyl sites for hydroxylation is 2. The van der Waals surface area contributed by atoms with E-state index in [-0.39, 0.29) is 11.4 Å². The van der Waals surface area contributed by atoms with Gasteiger partial charge < -0.3 is 14.5 Å². The van der Waals surface area contributed by atoms with E-state index in [1.165, 1.54) is 11.4 Å². The SMILES string of the molecule is Cc1cc(CC(=O)N2CCC3(CC2)N=C2C=CCCC(=C2)n2cccc23)c(C)[nH]1. The van der Waals surface area contributed by atoms with Gasteiger partial charge in [-0.25, -0.2) is 0 Å². The first-order valence-electron chi connectivity index (χ1n) is 10.6. The van der Waals surface area contributed by atoms with Crippen LogP contribution in [0.3, 0.4) is 0 Å². The van der Waals surface area contributed by atoms with E-state index in [0.717, 1.165) is 61.4 Å². The highest BCUT2D eigenvalue weighted by molar-refractivity contribution is 6.08. The number of allylic oxidation sites excluding steroid dienone is 4. The summed E-state index contributed by atoms with van der Waals surface area (Å²) >= 11 is 0. The number of nitrogens with one attached hydrogen (secondary N) is 1. The first kappa shape index (κ1) is 18.2. The second-order valence-corrected chi connectivity index (χ2v) is 8.57. The Balaban J connectivity index is 1.38. The molecular formula is C24H28N4O. The highest BCUT2D eigenvalue weighted by Gasteiger charge is 2.40. The number of carbonyl (C=O) groups excluding carboxylic acids is 1. The molecular weight excluding hydrogens is 360 g/mol. The number of amides is 1. The van der Waals surface area contributed by atoms with Crippen LogP contribution < -0.4 is 0 Å². The zero-order valence-electron chi connectivity index (χ0n) is 17.2. The maximum absolute atomic E-state index is 12.9. The van der Waals surface area contributed by atoms with Gasteiger partial charge in [0.2, 0.25) is 5.91 Å². The summed E-state index contributed by atoms with van der Waals surface area (Å²) in [5.41, 5.74) is 6.75. The molecule has 150 valence electrons. The molecule has 2 aliphatic heterocycles. The number of hydrogen-bond acceptors (Lipinski definition) is 2. The van der Waals surface area contributed by atoms with Crippen molar-refractivity contribution in [3.63, 3.8) is 0 Å². The molecule has 3 aliphatic rings. The molecule has 1 fully saturated rings. The molecule has 4 heterocycles. The number of nitrogens with zero attached hydrogens (tertiary/aromatic N) is 3. The lowest BCUT2D eigenvalue weighted by Gasteiger charge is -2.40. The number of rotatable bonds is 2. The average molecular weight is 389 g/mol. The fourth-order valence-electron chi connectivity index (χ4n) is 5.03. The van der Waals surface area contributed by atoms with Gasteiger partial charge in [-0.1, -0.05) is 6.08 Å². The van der Waals surface area contributed by atoms with Gasteiger partial charge in [-0.3, -0.25) is 9.79 Å². The molecule has 5 rings (SSSR count). The van der Waals surface area contributed by atoms with Crippen LogP contribution in [0, 0.1) is 13.8 Å². The second-order valence-electron chi connectivity index (χ2n) is 8.57. The molecule has 2 aromatic rings. The van der Waals surface area contributed by atoms with Crippen LogP contribution in [-0.2, 0) is 16.8 Å². The smallest absolute Gasteiger partial charge is 0.227 e. The summed E-state index contributed by atoms with van der Waals surface area (Å²) in [5, 5.41) is 0. The van der Waals surface area contributed by atoms with E-state index in [2.05, 4.69) is 52.2 Å². The summed E-state index contributed by atoms with van der Waals surface area (Å²) in [6.45, 7) is 5.58. The molecule has 2 bridgehead atoms. The first-order chi connectivity index (χ1) is 14.0. The van der Waals surface area contributed by atoms with Gasteiger partial charge in [-0.15, -0.1) is 0 Å². The quantitative estimate of drug-likeness (QED) is 0.826. The Morgan fingerprint density at radius 2 is 2.10 bits per heavy atom. The van der Waals surface area contributed by atoms with Crippen molar-refractivity contribution in [3.05, 3.63) is 65.3 Å². The van der Waals surface area contributed by atoms with E-state index >= 15 is 0 Å². The van der Waals surface area contributed by atoms with E-state index in [4.69, 9.17) is 4.99 Å². The number of fused-ring (bicyclic) bond motifs is 4. The van der Waals surface area contributed by atoms with Gasteiger partial charge in [0.25, 0.3) is 0 Å². The maximum Gasteiger partial charge on any atom is 0.227 e. The van der Waals surface area contributed by atoms with Gasteiger partial charge in [-0.2, -0.15) is 0 Å². The first-order valence-corrected chi connectivity index (χ1v) is 10.6. The fraction of sp³-hybridized carbons (Fsp3) is 0.417. The van der Waals surface area contributed by atoms with E-state index in [0.29, 0.717) is 6.42 Å². The molecule has 0 unspecified atom stereocenters. The van der Waals surface area contributed by atoms with Crippen molar-refractivity contribution >= 4 is 17.3 Å². The second kappa shape index (κ2) is 6.90. The standard InChI is InChI=1S/C24H28N4O/c1-17-14-19(18(2)25-17)15-23(29)27-12-9-24(10-13-27)22-8-5-11-28(22)21-7-4-3-6-20(16-21)26-24/h3,5-6,8,11,14,16,25H,4,7,9-10,12-13,15H2,1-2H3. The molecule has 1 aliphatic carbocycles. The zero-order chi connectivity index (χ0) is 20.0. The van der Waals surface area contributed by atoms with Crippen LogP contribution in [0.1, 0.15) is 48.3 Å². The Morgan fingerprint density at radius 1 is 1.28 bits per heavy atom. The zero-order valence-corrected chi connectivity index (χ0v) is 17.2. The summed E-state index contributed by atoms with van der Waals surface area (Å²) in [5.74, 6) is 0.218. The highest BCUT2D eigenvalue weighted by Crippen LogP contribution is 2.41. The normalized spacial score (nSPS) is 20.0. The summed E-state index contributed by atoms with van der Waals surface area (Å²) in [7, 11) is 0. The van der Waals surface area contributed by atoms with Gasteiger partial charge in [-0.05, 0) is 75.4 Å².